The molecule has 114 valence electrons. The minimum Gasteiger partial charge on any atom is -0.480 e. The van der Waals surface area contributed by atoms with Gasteiger partial charge in [-0.1, -0.05) is 12.8 Å². The van der Waals surface area contributed by atoms with Gasteiger partial charge in [0.25, 0.3) is 0 Å². The fourth-order valence-corrected chi connectivity index (χ4v) is 4.95. The summed E-state index contributed by atoms with van der Waals surface area (Å²) in [6, 6.07) is -0.781. The van der Waals surface area contributed by atoms with Crippen molar-refractivity contribution in [1.29, 1.82) is 0 Å². The van der Waals surface area contributed by atoms with E-state index in [1.165, 1.54) is 4.90 Å². The summed E-state index contributed by atoms with van der Waals surface area (Å²) < 4.78 is 24.2. The number of amides is 1. The first-order chi connectivity index (χ1) is 9.42. The molecule has 2 aliphatic rings. The van der Waals surface area contributed by atoms with E-state index >= 15 is 0 Å². The number of likely N-dealkylation sites (tertiary alicyclic amines) is 1. The maximum Gasteiger partial charge on any atom is 0.326 e. The molecular weight excluding hydrogens is 282 g/mol. The van der Waals surface area contributed by atoms with Crippen molar-refractivity contribution in [1.82, 2.24) is 4.90 Å². The molecule has 1 atom stereocenters. The molecule has 1 N–H and O–H groups in total. The van der Waals surface area contributed by atoms with E-state index in [1.54, 1.807) is 0 Å². The summed E-state index contributed by atoms with van der Waals surface area (Å²) in [5.41, 5.74) is 0. The lowest BCUT2D eigenvalue weighted by Crippen LogP contribution is -2.41. The number of carboxylic acids is 1. The van der Waals surface area contributed by atoms with E-state index < -0.39 is 21.8 Å². The van der Waals surface area contributed by atoms with Crippen LogP contribution in [0.1, 0.15) is 44.9 Å². The van der Waals surface area contributed by atoms with Gasteiger partial charge in [0, 0.05) is 13.0 Å². The molecule has 0 radical (unpaired) electrons. The molecule has 1 aliphatic heterocycles. The van der Waals surface area contributed by atoms with E-state index in [0.717, 1.165) is 12.8 Å². The number of sulfone groups is 1. The summed E-state index contributed by atoms with van der Waals surface area (Å²) in [6.45, 7) is 0.416. The van der Waals surface area contributed by atoms with Crippen LogP contribution in [0.2, 0.25) is 0 Å². The van der Waals surface area contributed by atoms with Crippen molar-refractivity contribution in [2.24, 2.45) is 0 Å². The first kappa shape index (κ1) is 15.3. The lowest BCUT2D eigenvalue weighted by atomic mass is 10.2. The Bertz CT molecular complexity index is 481. The summed E-state index contributed by atoms with van der Waals surface area (Å²) in [5, 5.41) is 8.72. The fraction of sp³-hybridized carbons (Fsp3) is 0.846. The van der Waals surface area contributed by atoms with Crippen LogP contribution in [0.25, 0.3) is 0 Å². The molecule has 1 aliphatic carbocycles. The lowest BCUT2D eigenvalue weighted by Gasteiger charge is -2.21. The second-order valence-corrected chi connectivity index (χ2v) is 8.01. The molecule has 2 rings (SSSR count). The van der Waals surface area contributed by atoms with Gasteiger partial charge in [0.05, 0.1) is 11.0 Å². The van der Waals surface area contributed by atoms with E-state index in [0.29, 0.717) is 32.2 Å². The first-order valence-electron chi connectivity index (χ1n) is 7.15. The minimum atomic E-state index is -3.22. The number of carbonyl (C=O) groups is 2. The molecule has 7 heteroatoms. The average molecular weight is 303 g/mol. The summed E-state index contributed by atoms with van der Waals surface area (Å²) >= 11 is 0. The normalized spacial score (nSPS) is 24.2. The minimum absolute atomic E-state index is 0.0946. The van der Waals surface area contributed by atoms with Crippen LogP contribution >= 0.6 is 0 Å². The lowest BCUT2D eigenvalue weighted by molar-refractivity contribution is -0.148. The van der Waals surface area contributed by atoms with Crippen LogP contribution in [0.3, 0.4) is 0 Å². The van der Waals surface area contributed by atoms with E-state index in [1.807, 2.05) is 0 Å². The van der Waals surface area contributed by atoms with Gasteiger partial charge in [0.1, 0.15) is 6.04 Å². The quantitative estimate of drug-likeness (QED) is 0.811. The summed E-state index contributed by atoms with van der Waals surface area (Å²) in [4.78, 5) is 24.3. The maximum absolute atomic E-state index is 12.1. The first-order valence-corrected chi connectivity index (χ1v) is 8.87. The molecule has 1 unspecified atom stereocenters. The van der Waals surface area contributed by atoms with E-state index in [2.05, 4.69) is 0 Å². The Hall–Kier alpha value is -1.11. The highest BCUT2D eigenvalue weighted by atomic mass is 32.2. The third kappa shape index (κ3) is 3.31. The van der Waals surface area contributed by atoms with Crippen LogP contribution in [0.5, 0.6) is 0 Å². The van der Waals surface area contributed by atoms with E-state index in [9.17, 15) is 18.0 Å². The molecule has 1 amide bonds. The molecule has 0 aromatic rings. The van der Waals surface area contributed by atoms with Gasteiger partial charge >= 0.3 is 5.97 Å². The Labute approximate surface area is 119 Å². The molecule has 0 aromatic carbocycles. The topological polar surface area (TPSA) is 91.8 Å². The van der Waals surface area contributed by atoms with Gasteiger partial charge in [0.15, 0.2) is 9.84 Å². The maximum atomic E-state index is 12.1. The third-order valence-corrected chi connectivity index (χ3v) is 6.53. The Kier molecular flexibility index (Phi) is 4.67. The number of nitrogens with zero attached hydrogens (tertiary/aromatic N) is 1. The summed E-state index contributed by atoms with van der Waals surface area (Å²) in [6.07, 6.45) is 4.28. The number of rotatable bonds is 5. The van der Waals surface area contributed by atoms with Crippen molar-refractivity contribution in [2.75, 3.05) is 12.3 Å². The van der Waals surface area contributed by atoms with Gasteiger partial charge in [-0.25, -0.2) is 13.2 Å². The van der Waals surface area contributed by atoms with Crippen LogP contribution in [0, 0.1) is 0 Å². The second kappa shape index (κ2) is 6.11. The molecular formula is C13H21NO5S. The standard InChI is InChI=1S/C13H21NO5S/c15-12(14-8-3-6-11(14)13(16)17)7-9-20(18,19)10-4-1-2-5-10/h10-11H,1-9H2,(H,16,17). The fourth-order valence-electron chi connectivity index (χ4n) is 3.11. The van der Waals surface area contributed by atoms with Gasteiger partial charge < -0.3 is 10.0 Å². The van der Waals surface area contributed by atoms with Crippen LogP contribution in [0.15, 0.2) is 0 Å². The van der Waals surface area contributed by atoms with Crippen molar-refractivity contribution in [3.05, 3.63) is 0 Å². The molecule has 0 aromatic heterocycles. The monoisotopic (exact) mass is 303 g/mol. The van der Waals surface area contributed by atoms with Crippen molar-refractivity contribution >= 4 is 21.7 Å². The van der Waals surface area contributed by atoms with Crippen molar-refractivity contribution in [2.45, 2.75) is 56.2 Å². The molecule has 1 saturated carbocycles. The Morgan fingerprint density at radius 3 is 2.35 bits per heavy atom. The highest BCUT2D eigenvalue weighted by Gasteiger charge is 2.35. The Morgan fingerprint density at radius 1 is 1.10 bits per heavy atom. The number of carboxylic acid groups (broad SMARTS) is 1. The smallest absolute Gasteiger partial charge is 0.326 e. The summed E-state index contributed by atoms with van der Waals surface area (Å²) in [5.74, 6) is -1.51. The predicted molar refractivity (Wildman–Crippen MR) is 73.0 cm³/mol. The van der Waals surface area contributed by atoms with Gasteiger partial charge in [-0.15, -0.1) is 0 Å². The highest BCUT2D eigenvalue weighted by Crippen LogP contribution is 2.26. The average Bonchev–Trinajstić information content (AvgIpc) is 3.06. The van der Waals surface area contributed by atoms with E-state index in [-0.39, 0.29) is 23.3 Å². The predicted octanol–water partition coefficient (Wildman–Crippen LogP) is 0.809. The molecule has 0 spiro atoms. The molecule has 0 bridgehead atoms. The molecule has 2 fully saturated rings. The molecule has 6 nitrogen and oxygen atoms in total. The zero-order chi connectivity index (χ0) is 14.8. The molecule has 1 saturated heterocycles. The zero-order valence-electron chi connectivity index (χ0n) is 11.5. The van der Waals surface area contributed by atoms with Crippen LogP contribution in [-0.4, -0.2) is 53.9 Å². The largest absolute Gasteiger partial charge is 0.480 e. The summed E-state index contributed by atoms with van der Waals surface area (Å²) in [7, 11) is -3.22. The number of hydrogen-bond acceptors (Lipinski definition) is 4. The van der Waals surface area contributed by atoms with Gasteiger partial charge in [-0.05, 0) is 25.7 Å². The van der Waals surface area contributed by atoms with Crippen LogP contribution in [0.4, 0.5) is 0 Å². The zero-order valence-corrected chi connectivity index (χ0v) is 12.3. The van der Waals surface area contributed by atoms with Crippen molar-refractivity contribution < 1.29 is 23.1 Å². The SMILES string of the molecule is O=C(O)C1CCCN1C(=O)CCS(=O)(=O)C1CCCC1. The second-order valence-electron chi connectivity index (χ2n) is 5.61. The third-order valence-electron chi connectivity index (χ3n) is 4.27. The number of carbonyl (C=O) groups excluding carboxylic acids is 1. The highest BCUT2D eigenvalue weighted by molar-refractivity contribution is 7.92. The molecule has 20 heavy (non-hydrogen) atoms. The van der Waals surface area contributed by atoms with Crippen molar-refractivity contribution in [3.8, 4) is 0 Å². The van der Waals surface area contributed by atoms with E-state index in [4.69, 9.17) is 5.11 Å². The van der Waals surface area contributed by atoms with Crippen LogP contribution in [-0.2, 0) is 19.4 Å². The number of aliphatic carboxylic acids is 1. The van der Waals surface area contributed by atoms with Gasteiger partial charge in [0.2, 0.25) is 5.91 Å². The van der Waals surface area contributed by atoms with Gasteiger partial charge in [-0.3, -0.25) is 4.79 Å². The van der Waals surface area contributed by atoms with Crippen LogP contribution < -0.4 is 0 Å². The Balaban J connectivity index is 1.90. The Morgan fingerprint density at radius 2 is 1.75 bits per heavy atom. The molecule has 1 heterocycles. The van der Waals surface area contributed by atoms with Gasteiger partial charge in [-0.2, -0.15) is 0 Å². The number of hydrogen-bond donors (Lipinski definition) is 1. The van der Waals surface area contributed by atoms with Crippen molar-refractivity contribution in [3.63, 3.8) is 0 Å².